The molecule has 1 aliphatic rings. The third kappa shape index (κ3) is 2.79. The fourth-order valence-corrected chi connectivity index (χ4v) is 1.98. The summed E-state index contributed by atoms with van der Waals surface area (Å²) < 4.78 is 3.04. The van der Waals surface area contributed by atoms with E-state index >= 15 is 0 Å². The monoisotopic (exact) mass is 253 g/mol. The van der Waals surface area contributed by atoms with Crippen LogP contribution >= 0.6 is 0 Å². The van der Waals surface area contributed by atoms with Crippen molar-refractivity contribution in [1.82, 2.24) is 25.0 Å². The summed E-state index contributed by atoms with van der Waals surface area (Å²) in [5, 5.41) is 10.2. The molecule has 0 spiro atoms. The van der Waals surface area contributed by atoms with E-state index in [1.165, 1.54) is 4.68 Å². The van der Waals surface area contributed by atoms with Crippen molar-refractivity contribution in [1.29, 1.82) is 0 Å². The molecule has 7 heteroatoms. The van der Waals surface area contributed by atoms with Gasteiger partial charge in [0, 0.05) is 25.6 Å². The summed E-state index contributed by atoms with van der Waals surface area (Å²) >= 11 is 0. The van der Waals surface area contributed by atoms with Crippen molar-refractivity contribution in [2.24, 2.45) is 0 Å². The number of rotatable bonds is 4. The number of aromatic nitrogens is 3. The summed E-state index contributed by atoms with van der Waals surface area (Å²) in [6.07, 6.45) is 0.280. The van der Waals surface area contributed by atoms with E-state index in [0.29, 0.717) is 19.6 Å². The molecule has 2 heterocycles. The molecule has 0 saturated heterocycles. The molecule has 0 bridgehead atoms. The smallest absolute Gasteiger partial charge is 0.346 e. The highest BCUT2D eigenvalue weighted by Crippen LogP contribution is 1.98. The molecule has 2 rings (SSSR count). The molecule has 1 amide bonds. The van der Waals surface area contributed by atoms with Crippen LogP contribution in [0.2, 0.25) is 0 Å². The largest absolute Gasteiger partial charge is 0.354 e. The van der Waals surface area contributed by atoms with Gasteiger partial charge in [0.25, 0.3) is 0 Å². The van der Waals surface area contributed by atoms with Crippen molar-refractivity contribution >= 4 is 5.91 Å². The molecule has 2 N–H and O–H groups in total. The Kier molecular flexibility index (Phi) is 3.81. The zero-order chi connectivity index (χ0) is 13.1. The van der Waals surface area contributed by atoms with Gasteiger partial charge in [-0.1, -0.05) is 0 Å². The van der Waals surface area contributed by atoms with Gasteiger partial charge in [0.1, 0.15) is 5.82 Å². The Morgan fingerprint density at radius 2 is 2.33 bits per heavy atom. The zero-order valence-corrected chi connectivity index (χ0v) is 10.8. The van der Waals surface area contributed by atoms with Gasteiger partial charge in [-0.05, 0) is 13.8 Å². The van der Waals surface area contributed by atoms with E-state index < -0.39 is 0 Å². The second-order valence-corrected chi connectivity index (χ2v) is 4.72. The highest BCUT2D eigenvalue weighted by molar-refractivity contribution is 5.75. The van der Waals surface area contributed by atoms with Crippen LogP contribution in [-0.2, 0) is 24.4 Å². The number of nitrogens with one attached hydrogen (secondary N) is 2. The molecule has 100 valence electrons. The molecule has 7 nitrogen and oxygen atoms in total. The van der Waals surface area contributed by atoms with E-state index in [2.05, 4.69) is 15.7 Å². The van der Waals surface area contributed by atoms with Gasteiger partial charge in [0.15, 0.2) is 0 Å². The van der Waals surface area contributed by atoms with Crippen LogP contribution in [-0.4, -0.2) is 32.8 Å². The van der Waals surface area contributed by atoms with E-state index in [1.807, 2.05) is 13.8 Å². The Bertz CT molecular complexity index is 488. The molecule has 0 saturated carbocycles. The lowest BCUT2D eigenvalue weighted by molar-refractivity contribution is -0.121. The molecular weight excluding hydrogens is 234 g/mol. The fourth-order valence-electron chi connectivity index (χ4n) is 1.98. The number of fused-ring (bicyclic) bond motifs is 1. The molecule has 0 aromatic carbocycles. The molecule has 1 aromatic heterocycles. The van der Waals surface area contributed by atoms with Crippen molar-refractivity contribution in [2.45, 2.75) is 45.9 Å². The number of nitrogens with zero attached hydrogens (tertiary/aromatic N) is 3. The van der Waals surface area contributed by atoms with Gasteiger partial charge < -0.3 is 10.6 Å². The maximum atomic E-state index is 12.0. The molecule has 0 aliphatic carbocycles. The van der Waals surface area contributed by atoms with Gasteiger partial charge in [-0.15, -0.1) is 0 Å². The minimum Gasteiger partial charge on any atom is -0.354 e. The van der Waals surface area contributed by atoms with Gasteiger partial charge in [-0.3, -0.25) is 9.36 Å². The lowest BCUT2D eigenvalue weighted by atomic mass is 10.3. The summed E-state index contributed by atoms with van der Waals surface area (Å²) in [6, 6.07) is 0.119. The number of hydrogen-bond acceptors (Lipinski definition) is 4. The van der Waals surface area contributed by atoms with Crippen molar-refractivity contribution in [3.8, 4) is 0 Å². The van der Waals surface area contributed by atoms with E-state index in [-0.39, 0.29) is 24.1 Å². The van der Waals surface area contributed by atoms with Crippen LogP contribution in [0.25, 0.3) is 0 Å². The molecular formula is C11H19N5O2. The SMILES string of the molecule is CC(C)NC(=O)CCn1nc2n(c1=O)CCNC2. The number of carbonyl (C=O) groups is 1. The third-order valence-corrected chi connectivity index (χ3v) is 2.80. The first kappa shape index (κ1) is 12.8. The molecule has 0 radical (unpaired) electrons. The van der Waals surface area contributed by atoms with Crippen LogP contribution in [0, 0.1) is 0 Å². The summed E-state index contributed by atoms with van der Waals surface area (Å²) in [6.45, 7) is 6.19. The van der Waals surface area contributed by atoms with Gasteiger partial charge in [-0.25, -0.2) is 9.48 Å². The zero-order valence-electron chi connectivity index (χ0n) is 10.8. The highest BCUT2D eigenvalue weighted by Gasteiger charge is 2.16. The van der Waals surface area contributed by atoms with Crippen molar-refractivity contribution in [2.75, 3.05) is 6.54 Å². The first-order valence-electron chi connectivity index (χ1n) is 6.24. The summed E-state index contributed by atoms with van der Waals surface area (Å²) in [4.78, 5) is 23.5. The second-order valence-electron chi connectivity index (χ2n) is 4.72. The predicted molar refractivity (Wildman–Crippen MR) is 66.1 cm³/mol. The maximum absolute atomic E-state index is 12.0. The number of hydrogen-bond donors (Lipinski definition) is 2. The van der Waals surface area contributed by atoms with E-state index in [9.17, 15) is 9.59 Å². The summed E-state index contributed by atoms with van der Waals surface area (Å²) in [7, 11) is 0. The highest BCUT2D eigenvalue weighted by atomic mass is 16.2. The molecule has 1 aromatic rings. The van der Waals surface area contributed by atoms with E-state index in [4.69, 9.17) is 0 Å². The maximum Gasteiger partial charge on any atom is 0.346 e. The Morgan fingerprint density at radius 1 is 1.56 bits per heavy atom. The van der Waals surface area contributed by atoms with E-state index in [1.54, 1.807) is 4.57 Å². The van der Waals surface area contributed by atoms with Crippen LogP contribution in [0.1, 0.15) is 26.1 Å². The quantitative estimate of drug-likeness (QED) is 0.726. The summed E-state index contributed by atoms with van der Waals surface area (Å²) in [5.74, 6) is 0.691. The Labute approximate surface area is 105 Å². The second kappa shape index (κ2) is 5.34. The first-order valence-corrected chi connectivity index (χ1v) is 6.24. The predicted octanol–water partition coefficient (Wildman–Crippen LogP) is -0.937. The Morgan fingerprint density at radius 3 is 3.00 bits per heavy atom. The van der Waals surface area contributed by atoms with Crippen LogP contribution in [0.4, 0.5) is 0 Å². The van der Waals surface area contributed by atoms with Crippen LogP contribution in [0.5, 0.6) is 0 Å². The third-order valence-electron chi connectivity index (χ3n) is 2.80. The lowest BCUT2D eigenvalue weighted by Gasteiger charge is -2.11. The number of carbonyl (C=O) groups excluding carboxylic acids is 1. The van der Waals surface area contributed by atoms with Crippen LogP contribution in [0.15, 0.2) is 4.79 Å². The van der Waals surface area contributed by atoms with Gasteiger partial charge in [-0.2, -0.15) is 5.10 Å². The minimum absolute atomic E-state index is 0.0546. The van der Waals surface area contributed by atoms with Gasteiger partial charge in [0.2, 0.25) is 5.91 Å². The average molecular weight is 253 g/mol. The molecule has 18 heavy (non-hydrogen) atoms. The van der Waals surface area contributed by atoms with Crippen molar-refractivity contribution in [3.05, 3.63) is 16.3 Å². The molecule has 0 fully saturated rings. The normalized spacial score (nSPS) is 14.6. The van der Waals surface area contributed by atoms with Crippen LogP contribution in [0.3, 0.4) is 0 Å². The topological polar surface area (TPSA) is 81.0 Å². The fraction of sp³-hybridized carbons (Fsp3) is 0.727. The number of amides is 1. The van der Waals surface area contributed by atoms with Crippen molar-refractivity contribution < 1.29 is 4.79 Å². The first-order chi connectivity index (χ1) is 8.58. The number of aryl methyl sites for hydroxylation is 1. The molecule has 0 unspecified atom stereocenters. The van der Waals surface area contributed by atoms with Crippen LogP contribution < -0.4 is 16.3 Å². The lowest BCUT2D eigenvalue weighted by Crippen LogP contribution is -2.35. The Balaban J connectivity index is 2.00. The molecule has 1 aliphatic heterocycles. The summed E-state index contributed by atoms with van der Waals surface area (Å²) in [5.41, 5.74) is -0.121. The minimum atomic E-state index is -0.121. The van der Waals surface area contributed by atoms with Crippen molar-refractivity contribution in [3.63, 3.8) is 0 Å². The Hall–Kier alpha value is -1.63. The van der Waals surface area contributed by atoms with Gasteiger partial charge in [0.05, 0.1) is 13.1 Å². The van der Waals surface area contributed by atoms with Gasteiger partial charge >= 0.3 is 5.69 Å². The average Bonchev–Trinajstić information content (AvgIpc) is 2.64. The molecule has 0 atom stereocenters. The standard InChI is InChI=1S/C11H19N5O2/c1-8(2)13-10(17)3-5-16-11(18)15-6-4-12-7-9(15)14-16/h8,12H,3-7H2,1-2H3,(H,13,17). The van der Waals surface area contributed by atoms with E-state index in [0.717, 1.165) is 12.4 Å².